The normalized spacial score (nSPS) is 25.3. The van der Waals surface area contributed by atoms with Gasteiger partial charge in [-0.3, -0.25) is 25.0 Å². The molecule has 2 bridgehead atoms. The molecule has 1 N–H and O–H groups in total. The van der Waals surface area contributed by atoms with Crippen molar-refractivity contribution in [3.05, 3.63) is 74.3 Å². The van der Waals surface area contributed by atoms with Crippen LogP contribution in [0.5, 0.6) is 0 Å². The average Bonchev–Trinajstić information content (AvgIpc) is 3.13. The van der Waals surface area contributed by atoms with Crippen molar-refractivity contribution in [1.29, 1.82) is 0 Å². The van der Waals surface area contributed by atoms with E-state index in [1.807, 2.05) is 20.8 Å². The number of carbonyl (C=O) groups is 2. The summed E-state index contributed by atoms with van der Waals surface area (Å²) in [6.45, 7) is 5.96. The number of oxime groups is 1. The second-order valence-electron chi connectivity index (χ2n) is 9.70. The highest BCUT2D eigenvalue weighted by molar-refractivity contribution is 6.06. The average molecular weight is 480 g/mol. The molecule has 182 valence electrons. The quantitative estimate of drug-likeness (QED) is 0.351. The molecule has 2 fully saturated rings. The molecule has 2 unspecified atom stereocenters. The summed E-state index contributed by atoms with van der Waals surface area (Å²) in [6, 6.07) is 10.8. The molecule has 2 aromatic rings. The van der Waals surface area contributed by atoms with E-state index in [1.54, 1.807) is 0 Å². The van der Waals surface area contributed by atoms with Crippen molar-refractivity contribution in [3.8, 4) is 0 Å². The van der Waals surface area contributed by atoms with Crippen LogP contribution in [0.4, 0.5) is 17.1 Å². The largest absolute Gasteiger partial charge is 0.365 e. The maximum atomic E-state index is 13.5. The van der Waals surface area contributed by atoms with Crippen LogP contribution in [0.2, 0.25) is 0 Å². The van der Waals surface area contributed by atoms with Crippen molar-refractivity contribution >= 4 is 34.7 Å². The minimum absolute atomic E-state index is 0.00162. The Morgan fingerprint density at radius 3 is 2.26 bits per heavy atom. The molecule has 2 saturated carbocycles. The van der Waals surface area contributed by atoms with Gasteiger partial charge in [0.15, 0.2) is 0 Å². The highest BCUT2D eigenvalue weighted by Crippen LogP contribution is 2.71. The number of amides is 1. The van der Waals surface area contributed by atoms with Gasteiger partial charge in [0, 0.05) is 41.8 Å². The number of nitro benzene ring substituents is 2. The van der Waals surface area contributed by atoms with E-state index >= 15 is 0 Å². The number of nitrogens with zero attached hydrogens (tertiary/aromatic N) is 3. The summed E-state index contributed by atoms with van der Waals surface area (Å²) in [4.78, 5) is 51.9. The SMILES string of the molecule is CC12CCC(C(=O)Nc3ccc([N+](=O)[O-])cc3)(C/C1=N\OC(=O)c1cccc([N+](=O)[O-])c1)C2(C)C. The molecular formula is C24H24N4O7. The molecule has 0 heterocycles. The lowest BCUT2D eigenvalue weighted by Gasteiger charge is -2.39. The number of nitrogens with one attached hydrogen (secondary N) is 1. The third-order valence-corrected chi connectivity index (χ3v) is 8.04. The van der Waals surface area contributed by atoms with Gasteiger partial charge in [-0.15, -0.1) is 0 Å². The first-order valence-corrected chi connectivity index (χ1v) is 11.0. The van der Waals surface area contributed by atoms with Crippen LogP contribution in [0.15, 0.2) is 53.7 Å². The molecule has 0 aromatic heterocycles. The van der Waals surface area contributed by atoms with E-state index in [0.717, 1.165) is 6.07 Å². The van der Waals surface area contributed by atoms with Crippen molar-refractivity contribution in [2.75, 3.05) is 5.32 Å². The Morgan fingerprint density at radius 2 is 1.63 bits per heavy atom. The summed E-state index contributed by atoms with van der Waals surface area (Å²) in [5.41, 5.74) is -1.14. The zero-order chi connectivity index (χ0) is 25.6. The van der Waals surface area contributed by atoms with Crippen LogP contribution < -0.4 is 5.32 Å². The van der Waals surface area contributed by atoms with Crippen LogP contribution in [-0.4, -0.2) is 27.4 Å². The monoisotopic (exact) mass is 480 g/mol. The Kier molecular flexibility index (Phi) is 5.66. The summed E-state index contributed by atoms with van der Waals surface area (Å²) in [6.07, 6.45) is 1.53. The molecular weight excluding hydrogens is 456 g/mol. The summed E-state index contributed by atoms with van der Waals surface area (Å²) in [7, 11) is 0. The third kappa shape index (κ3) is 3.72. The second kappa shape index (κ2) is 8.26. The molecule has 2 aliphatic carbocycles. The molecule has 4 rings (SSSR count). The van der Waals surface area contributed by atoms with Gasteiger partial charge >= 0.3 is 5.97 Å². The van der Waals surface area contributed by atoms with Gasteiger partial charge in [-0.1, -0.05) is 32.0 Å². The predicted molar refractivity (Wildman–Crippen MR) is 126 cm³/mol. The number of rotatable bonds is 6. The fourth-order valence-electron chi connectivity index (χ4n) is 5.34. The highest BCUT2D eigenvalue weighted by Gasteiger charge is 2.71. The van der Waals surface area contributed by atoms with Gasteiger partial charge in [0.05, 0.1) is 26.5 Å². The van der Waals surface area contributed by atoms with Gasteiger partial charge in [0.1, 0.15) is 0 Å². The fraction of sp³-hybridized carbons (Fsp3) is 0.375. The van der Waals surface area contributed by atoms with Gasteiger partial charge in [-0.05, 0) is 36.5 Å². The van der Waals surface area contributed by atoms with Crippen molar-refractivity contribution in [2.45, 2.75) is 40.0 Å². The van der Waals surface area contributed by atoms with Crippen LogP contribution in [0.25, 0.3) is 0 Å². The minimum atomic E-state index is -0.824. The number of hydrogen-bond donors (Lipinski definition) is 1. The molecule has 2 aromatic carbocycles. The van der Waals surface area contributed by atoms with E-state index in [1.165, 1.54) is 42.5 Å². The van der Waals surface area contributed by atoms with Crippen LogP contribution in [0.3, 0.4) is 0 Å². The third-order valence-electron chi connectivity index (χ3n) is 8.04. The number of carbonyl (C=O) groups excluding carboxylic acids is 2. The van der Waals surface area contributed by atoms with E-state index in [-0.39, 0.29) is 29.3 Å². The molecule has 2 aliphatic rings. The van der Waals surface area contributed by atoms with Crippen molar-refractivity contribution in [1.82, 2.24) is 0 Å². The Labute approximate surface area is 200 Å². The van der Waals surface area contributed by atoms with E-state index in [9.17, 15) is 29.8 Å². The zero-order valence-corrected chi connectivity index (χ0v) is 19.4. The maximum Gasteiger partial charge on any atom is 0.365 e. The minimum Gasteiger partial charge on any atom is -0.326 e. The Bertz CT molecular complexity index is 1270. The number of anilines is 1. The molecule has 1 amide bonds. The number of hydrogen-bond acceptors (Lipinski definition) is 8. The molecule has 0 aliphatic heterocycles. The van der Waals surface area contributed by atoms with Gasteiger partial charge in [0.2, 0.25) is 5.91 Å². The fourth-order valence-corrected chi connectivity index (χ4v) is 5.34. The molecule has 11 nitrogen and oxygen atoms in total. The van der Waals surface area contributed by atoms with E-state index in [2.05, 4.69) is 10.5 Å². The second-order valence-corrected chi connectivity index (χ2v) is 9.70. The zero-order valence-electron chi connectivity index (χ0n) is 19.4. The van der Waals surface area contributed by atoms with Crippen LogP contribution >= 0.6 is 0 Å². The molecule has 0 saturated heterocycles. The Hall–Kier alpha value is -4.15. The molecule has 35 heavy (non-hydrogen) atoms. The van der Waals surface area contributed by atoms with E-state index in [4.69, 9.17) is 4.84 Å². The van der Waals surface area contributed by atoms with Gasteiger partial charge in [-0.2, -0.15) is 0 Å². The Morgan fingerprint density at radius 1 is 0.971 bits per heavy atom. The number of nitro groups is 2. The lowest BCUT2D eigenvalue weighted by molar-refractivity contribution is -0.385. The number of non-ortho nitro benzene ring substituents is 2. The van der Waals surface area contributed by atoms with E-state index in [0.29, 0.717) is 24.2 Å². The van der Waals surface area contributed by atoms with Crippen LogP contribution in [-0.2, 0) is 9.63 Å². The number of fused-ring (bicyclic) bond motifs is 2. The predicted octanol–water partition coefficient (Wildman–Crippen LogP) is 4.87. The standard InChI is InChI=1S/C24H24N4O7/c1-22(2)23(3)11-12-24(22,21(30)25-16-7-9-17(10-8-16)27(31)32)14-19(23)26-35-20(29)15-5-4-6-18(13-15)28(33)34/h4-10,13H,11-12,14H2,1-3H3,(H,25,30)/b26-19+. The lowest BCUT2D eigenvalue weighted by atomic mass is 9.64. The molecule has 2 atom stereocenters. The van der Waals surface area contributed by atoms with Gasteiger partial charge < -0.3 is 10.2 Å². The van der Waals surface area contributed by atoms with Gasteiger partial charge in [-0.25, -0.2) is 4.79 Å². The van der Waals surface area contributed by atoms with Crippen LogP contribution in [0, 0.1) is 36.5 Å². The summed E-state index contributed by atoms with van der Waals surface area (Å²) in [5.74, 6) is -1.05. The smallest absolute Gasteiger partial charge is 0.326 e. The summed E-state index contributed by atoms with van der Waals surface area (Å²) < 4.78 is 0. The van der Waals surface area contributed by atoms with Crippen molar-refractivity contribution < 1.29 is 24.3 Å². The Balaban J connectivity index is 1.56. The van der Waals surface area contributed by atoms with Gasteiger partial charge in [0.25, 0.3) is 11.4 Å². The molecule has 0 spiro atoms. The van der Waals surface area contributed by atoms with Crippen molar-refractivity contribution in [2.24, 2.45) is 21.4 Å². The summed E-state index contributed by atoms with van der Waals surface area (Å²) >= 11 is 0. The van der Waals surface area contributed by atoms with Crippen molar-refractivity contribution in [3.63, 3.8) is 0 Å². The molecule has 0 radical (unpaired) electrons. The van der Waals surface area contributed by atoms with E-state index < -0.39 is 32.1 Å². The molecule has 11 heteroatoms. The highest BCUT2D eigenvalue weighted by atomic mass is 16.7. The lowest BCUT2D eigenvalue weighted by Crippen LogP contribution is -2.43. The first-order valence-electron chi connectivity index (χ1n) is 11.0. The topological polar surface area (TPSA) is 154 Å². The number of benzene rings is 2. The maximum absolute atomic E-state index is 13.5. The van der Waals surface area contributed by atoms with Crippen LogP contribution in [0.1, 0.15) is 50.4 Å². The first kappa shape index (κ1) is 24.0. The first-order chi connectivity index (χ1) is 16.4. The summed E-state index contributed by atoms with van der Waals surface area (Å²) in [5, 5.41) is 28.9.